The predicted molar refractivity (Wildman–Crippen MR) is 28.2 cm³/mol. The second-order valence-corrected chi connectivity index (χ2v) is 1.22. The zero-order valence-electron chi connectivity index (χ0n) is 5.04. The smallest absolute Gasteiger partial charge is 0.0311 e. The minimum absolute atomic E-state index is 0. The Kier molecular flexibility index (Phi) is 23.9. The molecule has 0 aliphatic rings. The van der Waals surface area contributed by atoms with Crippen LogP contribution in [0.4, 0.5) is 0 Å². The summed E-state index contributed by atoms with van der Waals surface area (Å²) in [7, 11) is -5.17. The van der Waals surface area contributed by atoms with E-state index in [1.165, 1.54) is 0 Å². The van der Waals surface area contributed by atoms with Crippen molar-refractivity contribution in [2.24, 2.45) is 0 Å². The number of quaternary nitrogens is 2. The number of hydrogen-bond acceptors (Lipinski definition) is 4. The molecule has 0 unspecified atom stereocenters. The van der Waals surface area contributed by atoms with E-state index < -0.39 is 10.4 Å². The Balaban J connectivity index is -0.0000000267. The summed E-state index contributed by atoms with van der Waals surface area (Å²) in [5.74, 6) is 0. The van der Waals surface area contributed by atoms with E-state index in [1.54, 1.807) is 0 Å². The first kappa shape index (κ1) is 22.7. The molecular formula is H8KN2O4S. The molecule has 0 bridgehead atoms. The average molecular weight is 171 g/mol. The van der Waals surface area contributed by atoms with Gasteiger partial charge in [-0.15, -0.1) is 0 Å². The molecule has 0 heterocycles. The van der Waals surface area contributed by atoms with Crippen LogP contribution in [0.3, 0.4) is 0 Å². The van der Waals surface area contributed by atoms with Crippen molar-refractivity contribution in [3.63, 3.8) is 0 Å². The van der Waals surface area contributed by atoms with Gasteiger partial charge in [-0.1, -0.05) is 0 Å². The van der Waals surface area contributed by atoms with Gasteiger partial charge in [-0.25, -0.2) is 0 Å². The molecule has 8 N–H and O–H groups in total. The van der Waals surface area contributed by atoms with Crippen molar-refractivity contribution in [3.05, 3.63) is 0 Å². The fourth-order valence-corrected chi connectivity index (χ4v) is 0. The van der Waals surface area contributed by atoms with Gasteiger partial charge in [0.25, 0.3) is 0 Å². The zero-order chi connectivity index (χ0) is 4.50. The topological polar surface area (TPSA) is 153 Å². The number of rotatable bonds is 0. The van der Waals surface area contributed by atoms with Crippen LogP contribution in [-0.2, 0) is 10.4 Å². The summed E-state index contributed by atoms with van der Waals surface area (Å²) in [4.78, 5) is 0. The van der Waals surface area contributed by atoms with Crippen LogP contribution < -0.4 is 12.3 Å². The molecule has 0 rings (SSSR count). The van der Waals surface area contributed by atoms with Crippen molar-refractivity contribution in [3.8, 4) is 0 Å². The predicted octanol–water partition coefficient (Wildman–Crippen LogP) is -0.966. The molecule has 0 aromatic carbocycles. The first-order valence-corrected chi connectivity index (χ1v) is 2.00. The average Bonchev–Trinajstić information content (AvgIpc) is 0.722. The van der Waals surface area contributed by atoms with Crippen LogP contribution in [0.2, 0.25) is 0 Å². The van der Waals surface area contributed by atoms with Crippen molar-refractivity contribution in [2.45, 2.75) is 0 Å². The largest absolute Gasteiger partial charge is 0.759 e. The van der Waals surface area contributed by atoms with Crippen LogP contribution in [-0.4, -0.2) is 68.9 Å². The minimum atomic E-state index is -5.17. The van der Waals surface area contributed by atoms with Gasteiger partial charge in [0.15, 0.2) is 0 Å². The first-order valence-electron chi connectivity index (χ1n) is 0.667. The van der Waals surface area contributed by atoms with Gasteiger partial charge in [0.05, 0.1) is 0 Å². The van der Waals surface area contributed by atoms with E-state index in [0.29, 0.717) is 0 Å². The molecule has 0 aromatic heterocycles. The molecule has 0 spiro atoms. The van der Waals surface area contributed by atoms with Crippen molar-refractivity contribution in [2.75, 3.05) is 0 Å². The van der Waals surface area contributed by atoms with Gasteiger partial charge in [-0.2, -0.15) is 0 Å². The third-order valence-corrected chi connectivity index (χ3v) is 0. The standard InChI is InChI=1S/K.2H3N.H2O4S/c;;;1-5(2,3)4/h;2*1H3;(H2,1,2,3,4). The van der Waals surface area contributed by atoms with Gasteiger partial charge in [0.1, 0.15) is 0 Å². The molecule has 0 amide bonds. The fourth-order valence-electron chi connectivity index (χ4n) is 0. The van der Waals surface area contributed by atoms with Gasteiger partial charge < -0.3 is 21.4 Å². The van der Waals surface area contributed by atoms with Gasteiger partial charge in [0.2, 0.25) is 0 Å². The van der Waals surface area contributed by atoms with Crippen LogP contribution >= 0.6 is 0 Å². The summed E-state index contributed by atoms with van der Waals surface area (Å²) in [5, 5.41) is 0. The summed E-state index contributed by atoms with van der Waals surface area (Å²) in [6.07, 6.45) is 0. The van der Waals surface area contributed by atoms with E-state index >= 15 is 0 Å². The van der Waals surface area contributed by atoms with Crippen molar-refractivity contribution < 1.29 is 17.5 Å². The minimum Gasteiger partial charge on any atom is -0.759 e. The maximum atomic E-state index is 8.52. The molecule has 0 aliphatic heterocycles. The summed E-state index contributed by atoms with van der Waals surface area (Å²) in [5.41, 5.74) is 0. The Hall–Kier alpha value is 1.43. The van der Waals surface area contributed by atoms with E-state index in [1.807, 2.05) is 0 Å². The van der Waals surface area contributed by atoms with Gasteiger partial charge >= 0.3 is 0 Å². The van der Waals surface area contributed by atoms with E-state index in [4.69, 9.17) is 17.5 Å². The molecule has 8 heteroatoms. The van der Waals surface area contributed by atoms with E-state index in [0.717, 1.165) is 0 Å². The molecule has 6 nitrogen and oxygen atoms in total. The molecule has 0 aromatic rings. The van der Waals surface area contributed by atoms with Gasteiger partial charge in [0, 0.05) is 61.8 Å². The van der Waals surface area contributed by atoms with Crippen molar-refractivity contribution in [1.29, 1.82) is 0 Å². The molecule has 0 fully saturated rings. The third kappa shape index (κ3) is 151. The van der Waals surface area contributed by atoms with Crippen molar-refractivity contribution in [1.82, 2.24) is 12.3 Å². The Labute approximate surface area is 90.2 Å². The Bertz CT molecular complexity index is 97.2. The van der Waals surface area contributed by atoms with Crippen LogP contribution in [0.15, 0.2) is 0 Å². The maximum Gasteiger partial charge on any atom is 0.0311 e. The molecule has 0 atom stereocenters. The normalized spacial score (nSPS) is 7.25. The van der Waals surface area contributed by atoms with E-state index in [9.17, 15) is 0 Å². The van der Waals surface area contributed by atoms with E-state index in [-0.39, 0.29) is 63.7 Å². The van der Waals surface area contributed by atoms with Gasteiger partial charge in [-0.05, 0) is 0 Å². The Morgan fingerprint density at radius 1 is 1.00 bits per heavy atom. The van der Waals surface area contributed by atoms with Crippen LogP contribution in [0.1, 0.15) is 0 Å². The second kappa shape index (κ2) is 8.43. The molecule has 49 valence electrons. The van der Waals surface area contributed by atoms with Gasteiger partial charge in [-0.3, -0.25) is 8.42 Å². The fraction of sp³-hybridized carbons (Fsp3) is 0. The molecule has 8 heavy (non-hydrogen) atoms. The van der Waals surface area contributed by atoms with Crippen LogP contribution in [0.25, 0.3) is 0 Å². The number of hydrogen-bond donors (Lipinski definition) is 2. The zero-order valence-corrected chi connectivity index (χ0v) is 8.98. The molecule has 0 aliphatic carbocycles. The molecular weight excluding hydrogens is 163 g/mol. The maximum absolute atomic E-state index is 8.52. The summed E-state index contributed by atoms with van der Waals surface area (Å²) >= 11 is 0. The third-order valence-electron chi connectivity index (χ3n) is 0. The van der Waals surface area contributed by atoms with Crippen LogP contribution in [0.5, 0.6) is 0 Å². The molecule has 1 radical (unpaired) electrons. The Morgan fingerprint density at radius 2 is 1.00 bits per heavy atom. The van der Waals surface area contributed by atoms with E-state index in [2.05, 4.69) is 0 Å². The summed E-state index contributed by atoms with van der Waals surface area (Å²) < 4.78 is 34.1. The molecule has 0 saturated carbocycles. The quantitative estimate of drug-likeness (QED) is 0.273. The summed E-state index contributed by atoms with van der Waals surface area (Å²) in [6.45, 7) is 0. The summed E-state index contributed by atoms with van der Waals surface area (Å²) in [6, 6.07) is 0. The first-order chi connectivity index (χ1) is 2.00. The Morgan fingerprint density at radius 3 is 1.00 bits per heavy atom. The van der Waals surface area contributed by atoms with Crippen molar-refractivity contribution >= 4 is 61.8 Å². The van der Waals surface area contributed by atoms with Crippen LogP contribution in [0, 0.1) is 0 Å². The SMILES string of the molecule is O=S(=O)([O-])[O-].[K].[NH4+].[NH4+]. The monoisotopic (exact) mass is 171 g/mol. The second-order valence-electron chi connectivity index (χ2n) is 0.408. The molecule has 0 saturated heterocycles.